The fourth-order valence-electron chi connectivity index (χ4n) is 4.68. The minimum atomic E-state index is -0.157. The predicted octanol–water partition coefficient (Wildman–Crippen LogP) is 0.272. The third-order valence-corrected chi connectivity index (χ3v) is 5.34. The molecule has 0 amide bonds. The fourth-order valence-corrected chi connectivity index (χ4v) is 4.68. The highest BCUT2D eigenvalue weighted by Gasteiger charge is 2.58. The van der Waals surface area contributed by atoms with Gasteiger partial charge in [-0.2, -0.15) is 0 Å². The van der Waals surface area contributed by atoms with Gasteiger partial charge in [-0.3, -0.25) is 4.90 Å². The van der Waals surface area contributed by atoms with Crippen LogP contribution in [0, 0.1) is 24.7 Å². The lowest BCUT2D eigenvalue weighted by molar-refractivity contribution is 0.0476. The van der Waals surface area contributed by atoms with Crippen LogP contribution in [-0.2, 0) is 6.54 Å². The molecule has 1 saturated heterocycles. The third kappa shape index (κ3) is 1.75. The van der Waals surface area contributed by atoms with E-state index in [1.807, 2.05) is 13.0 Å². The summed E-state index contributed by atoms with van der Waals surface area (Å²) in [7, 11) is 0. The minimum absolute atomic E-state index is 0.157. The molecule has 108 valence electrons. The SMILES string of the molecule is Cc1cc(NN)nc(CN2CC3CC4CC3C2C4O)n1. The number of fused-ring (bicyclic) bond motifs is 1. The topological polar surface area (TPSA) is 87.3 Å². The smallest absolute Gasteiger partial charge is 0.145 e. The number of nitrogens with zero attached hydrogens (tertiary/aromatic N) is 3. The maximum Gasteiger partial charge on any atom is 0.145 e. The van der Waals surface area contributed by atoms with Gasteiger partial charge in [0.05, 0.1) is 12.6 Å². The van der Waals surface area contributed by atoms with Gasteiger partial charge in [-0.05, 0) is 37.5 Å². The van der Waals surface area contributed by atoms with Crippen molar-refractivity contribution < 1.29 is 5.11 Å². The molecule has 0 radical (unpaired) electrons. The number of aryl methyl sites for hydroxylation is 1. The number of rotatable bonds is 3. The molecular formula is C14H21N5O. The number of nitrogens with one attached hydrogen (secondary N) is 1. The number of likely N-dealkylation sites (tertiary alicyclic amines) is 1. The predicted molar refractivity (Wildman–Crippen MR) is 74.5 cm³/mol. The molecule has 1 aromatic heterocycles. The molecule has 3 fully saturated rings. The molecule has 3 aliphatic rings. The van der Waals surface area contributed by atoms with Crippen molar-refractivity contribution in [2.75, 3.05) is 12.0 Å². The van der Waals surface area contributed by atoms with Crippen LogP contribution in [0.5, 0.6) is 0 Å². The number of nitrogens with two attached hydrogens (primary N) is 1. The van der Waals surface area contributed by atoms with Gasteiger partial charge in [0.1, 0.15) is 11.6 Å². The molecular weight excluding hydrogens is 254 g/mol. The molecule has 1 aromatic rings. The Labute approximate surface area is 118 Å². The van der Waals surface area contributed by atoms with Crippen molar-refractivity contribution in [1.82, 2.24) is 14.9 Å². The third-order valence-electron chi connectivity index (χ3n) is 5.34. The van der Waals surface area contributed by atoms with E-state index in [0.29, 0.717) is 30.2 Å². The number of aromatic nitrogens is 2. The van der Waals surface area contributed by atoms with Crippen LogP contribution in [0.2, 0.25) is 0 Å². The highest BCUT2D eigenvalue weighted by atomic mass is 16.3. The minimum Gasteiger partial charge on any atom is -0.391 e. The van der Waals surface area contributed by atoms with Gasteiger partial charge in [0.2, 0.25) is 0 Å². The van der Waals surface area contributed by atoms with E-state index < -0.39 is 0 Å². The maximum absolute atomic E-state index is 10.4. The number of hydrogen-bond donors (Lipinski definition) is 3. The molecule has 0 spiro atoms. The van der Waals surface area contributed by atoms with Crippen LogP contribution in [-0.4, -0.2) is 38.7 Å². The molecule has 2 bridgehead atoms. The molecule has 2 aliphatic carbocycles. The van der Waals surface area contributed by atoms with E-state index in [-0.39, 0.29) is 6.10 Å². The molecule has 1 aliphatic heterocycles. The zero-order valence-corrected chi connectivity index (χ0v) is 11.7. The molecule has 5 atom stereocenters. The van der Waals surface area contributed by atoms with Crippen molar-refractivity contribution in [2.45, 2.75) is 38.5 Å². The zero-order valence-electron chi connectivity index (χ0n) is 11.7. The second kappa shape index (κ2) is 4.38. The van der Waals surface area contributed by atoms with Gasteiger partial charge < -0.3 is 10.5 Å². The van der Waals surface area contributed by atoms with E-state index >= 15 is 0 Å². The number of aliphatic hydroxyl groups excluding tert-OH is 1. The summed E-state index contributed by atoms with van der Waals surface area (Å²) in [6, 6.07) is 2.15. The Morgan fingerprint density at radius 1 is 1.40 bits per heavy atom. The average Bonchev–Trinajstić information content (AvgIpc) is 3.00. The second-order valence-corrected chi connectivity index (χ2v) is 6.52. The van der Waals surface area contributed by atoms with E-state index in [0.717, 1.165) is 24.0 Å². The van der Waals surface area contributed by atoms with E-state index in [4.69, 9.17) is 5.84 Å². The molecule has 0 aromatic carbocycles. The highest BCUT2D eigenvalue weighted by Crippen LogP contribution is 2.55. The van der Waals surface area contributed by atoms with Crippen molar-refractivity contribution >= 4 is 5.82 Å². The van der Waals surface area contributed by atoms with Gasteiger partial charge in [0.15, 0.2) is 0 Å². The Balaban J connectivity index is 1.57. The summed E-state index contributed by atoms with van der Waals surface area (Å²) in [4.78, 5) is 11.3. The van der Waals surface area contributed by atoms with Gasteiger partial charge in [0.25, 0.3) is 0 Å². The van der Waals surface area contributed by atoms with Crippen molar-refractivity contribution in [3.63, 3.8) is 0 Å². The quantitative estimate of drug-likeness (QED) is 0.542. The Bertz CT molecular complexity index is 534. The first kappa shape index (κ1) is 12.5. The largest absolute Gasteiger partial charge is 0.391 e. The van der Waals surface area contributed by atoms with Crippen LogP contribution in [0.1, 0.15) is 24.4 Å². The van der Waals surface area contributed by atoms with Crippen molar-refractivity contribution in [2.24, 2.45) is 23.6 Å². The summed E-state index contributed by atoms with van der Waals surface area (Å²) in [6.07, 6.45) is 2.25. The Morgan fingerprint density at radius 3 is 3.00 bits per heavy atom. The van der Waals surface area contributed by atoms with Gasteiger partial charge in [-0.25, -0.2) is 15.8 Å². The lowest BCUT2D eigenvalue weighted by atomic mass is 9.88. The lowest BCUT2D eigenvalue weighted by Gasteiger charge is -2.28. The van der Waals surface area contributed by atoms with Gasteiger partial charge in [-0.1, -0.05) is 0 Å². The lowest BCUT2D eigenvalue weighted by Crippen LogP contribution is -2.40. The van der Waals surface area contributed by atoms with Crippen LogP contribution in [0.4, 0.5) is 5.82 Å². The highest BCUT2D eigenvalue weighted by molar-refractivity contribution is 5.34. The molecule has 5 unspecified atom stereocenters. The summed E-state index contributed by atoms with van der Waals surface area (Å²) in [6.45, 7) is 3.73. The monoisotopic (exact) mass is 275 g/mol. The normalized spacial score (nSPS) is 38.6. The molecule has 4 N–H and O–H groups in total. The van der Waals surface area contributed by atoms with Crippen molar-refractivity contribution in [3.8, 4) is 0 Å². The molecule has 2 heterocycles. The Kier molecular flexibility index (Phi) is 2.73. The molecule has 6 nitrogen and oxygen atoms in total. The average molecular weight is 275 g/mol. The summed E-state index contributed by atoms with van der Waals surface area (Å²) < 4.78 is 0. The zero-order chi connectivity index (χ0) is 13.9. The van der Waals surface area contributed by atoms with E-state index in [1.54, 1.807) is 0 Å². The molecule has 2 saturated carbocycles. The number of nitrogen functional groups attached to an aromatic ring is 1. The number of aliphatic hydroxyl groups is 1. The van der Waals surface area contributed by atoms with E-state index in [2.05, 4.69) is 20.3 Å². The van der Waals surface area contributed by atoms with Gasteiger partial charge in [0, 0.05) is 24.3 Å². The standard InChI is InChI=1S/C14H21N5O/c1-7-2-11(18-15)17-12(16-7)6-19-5-9-3-8-4-10(9)13(19)14(8)20/h2,8-10,13-14,20H,3-6,15H2,1H3,(H,16,17,18). The first-order chi connectivity index (χ1) is 9.65. The van der Waals surface area contributed by atoms with Crippen molar-refractivity contribution in [3.05, 3.63) is 17.6 Å². The maximum atomic E-state index is 10.4. The Morgan fingerprint density at radius 2 is 2.25 bits per heavy atom. The summed E-state index contributed by atoms with van der Waals surface area (Å²) in [5.74, 6) is 8.86. The molecule has 20 heavy (non-hydrogen) atoms. The Hall–Kier alpha value is -1.24. The van der Waals surface area contributed by atoms with Crippen LogP contribution >= 0.6 is 0 Å². The van der Waals surface area contributed by atoms with Crippen LogP contribution in [0.15, 0.2) is 6.07 Å². The van der Waals surface area contributed by atoms with Gasteiger partial charge in [-0.15, -0.1) is 0 Å². The summed E-state index contributed by atoms with van der Waals surface area (Å²) in [5.41, 5.74) is 3.50. The number of hydrogen-bond acceptors (Lipinski definition) is 6. The van der Waals surface area contributed by atoms with E-state index in [9.17, 15) is 5.11 Å². The first-order valence-corrected chi connectivity index (χ1v) is 7.39. The van der Waals surface area contributed by atoms with Gasteiger partial charge >= 0.3 is 0 Å². The molecule has 4 rings (SSSR count). The van der Waals surface area contributed by atoms with Crippen LogP contribution in [0.25, 0.3) is 0 Å². The van der Waals surface area contributed by atoms with Crippen LogP contribution < -0.4 is 11.3 Å². The molecule has 6 heteroatoms. The number of hydrazine groups is 1. The first-order valence-electron chi connectivity index (χ1n) is 7.39. The summed E-state index contributed by atoms with van der Waals surface area (Å²) >= 11 is 0. The summed E-state index contributed by atoms with van der Waals surface area (Å²) in [5, 5.41) is 10.4. The second-order valence-electron chi connectivity index (χ2n) is 6.52. The fraction of sp³-hybridized carbons (Fsp3) is 0.714. The number of anilines is 1. The van der Waals surface area contributed by atoms with E-state index in [1.165, 1.54) is 12.8 Å². The van der Waals surface area contributed by atoms with Crippen LogP contribution in [0.3, 0.4) is 0 Å². The van der Waals surface area contributed by atoms with Crippen molar-refractivity contribution in [1.29, 1.82) is 0 Å².